The van der Waals surface area contributed by atoms with Crippen molar-refractivity contribution in [3.05, 3.63) is 70.2 Å². The lowest BCUT2D eigenvalue weighted by atomic mass is 10.0. The SMILES string of the molecule is OC(c1ccccc1)c1cc(F)c(F)cc1Cl. The second kappa shape index (κ2) is 4.82. The zero-order valence-electron chi connectivity index (χ0n) is 8.70. The van der Waals surface area contributed by atoms with Gasteiger partial charge in [0.25, 0.3) is 0 Å². The van der Waals surface area contributed by atoms with Crippen LogP contribution in [0.4, 0.5) is 8.78 Å². The lowest BCUT2D eigenvalue weighted by Crippen LogP contribution is -2.02. The summed E-state index contributed by atoms with van der Waals surface area (Å²) in [7, 11) is 0. The molecule has 1 atom stereocenters. The maximum Gasteiger partial charge on any atom is 0.160 e. The van der Waals surface area contributed by atoms with E-state index >= 15 is 0 Å². The molecule has 0 aliphatic carbocycles. The average Bonchev–Trinajstić information content (AvgIpc) is 2.34. The van der Waals surface area contributed by atoms with Crippen LogP contribution in [0.5, 0.6) is 0 Å². The minimum atomic E-state index is -1.07. The second-order valence-electron chi connectivity index (χ2n) is 3.60. The molecule has 4 heteroatoms. The zero-order chi connectivity index (χ0) is 12.4. The molecule has 2 aromatic rings. The van der Waals surface area contributed by atoms with Gasteiger partial charge in [0.05, 0.1) is 0 Å². The molecule has 1 unspecified atom stereocenters. The lowest BCUT2D eigenvalue weighted by Gasteiger charge is -2.13. The molecule has 0 amide bonds. The van der Waals surface area contributed by atoms with Crippen molar-refractivity contribution >= 4 is 11.6 Å². The molecule has 0 heterocycles. The first-order valence-electron chi connectivity index (χ1n) is 4.97. The van der Waals surface area contributed by atoms with E-state index in [-0.39, 0.29) is 10.6 Å². The van der Waals surface area contributed by atoms with E-state index < -0.39 is 17.7 Å². The van der Waals surface area contributed by atoms with Crippen LogP contribution in [0.2, 0.25) is 5.02 Å². The van der Waals surface area contributed by atoms with E-state index in [1.165, 1.54) is 0 Å². The predicted octanol–water partition coefficient (Wildman–Crippen LogP) is 3.70. The first-order chi connectivity index (χ1) is 8.09. The number of benzene rings is 2. The highest BCUT2D eigenvalue weighted by Crippen LogP contribution is 2.29. The van der Waals surface area contributed by atoms with Gasteiger partial charge in [-0.15, -0.1) is 0 Å². The quantitative estimate of drug-likeness (QED) is 0.810. The van der Waals surface area contributed by atoms with E-state index in [0.717, 1.165) is 12.1 Å². The van der Waals surface area contributed by atoms with Crippen LogP contribution < -0.4 is 0 Å². The Labute approximate surface area is 102 Å². The molecule has 0 saturated heterocycles. The highest BCUT2D eigenvalue weighted by atomic mass is 35.5. The Hall–Kier alpha value is -1.45. The van der Waals surface area contributed by atoms with E-state index in [0.29, 0.717) is 5.56 Å². The highest BCUT2D eigenvalue weighted by Gasteiger charge is 2.16. The normalized spacial score (nSPS) is 12.5. The molecule has 0 bridgehead atoms. The summed E-state index contributed by atoms with van der Waals surface area (Å²) < 4.78 is 26.0. The second-order valence-corrected chi connectivity index (χ2v) is 4.01. The summed E-state index contributed by atoms with van der Waals surface area (Å²) in [6, 6.07) is 10.4. The van der Waals surface area contributed by atoms with Crippen molar-refractivity contribution in [3.63, 3.8) is 0 Å². The summed E-state index contributed by atoms with van der Waals surface area (Å²) in [6.45, 7) is 0. The van der Waals surface area contributed by atoms with E-state index in [1.54, 1.807) is 30.3 Å². The van der Waals surface area contributed by atoms with E-state index in [9.17, 15) is 13.9 Å². The van der Waals surface area contributed by atoms with Crippen LogP contribution in [0.15, 0.2) is 42.5 Å². The molecule has 0 saturated carbocycles. The van der Waals surface area contributed by atoms with Crippen molar-refractivity contribution < 1.29 is 13.9 Å². The number of hydrogen-bond acceptors (Lipinski definition) is 1. The first kappa shape index (κ1) is 12.0. The van der Waals surface area contributed by atoms with Gasteiger partial charge in [-0.05, 0) is 17.7 Å². The molecular weight excluding hydrogens is 246 g/mol. The van der Waals surface area contributed by atoms with Crippen molar-refractivity contribution in [2.45, 2.75) is 6.10 Å². The standard InChI is InChI=1S/C13H9ClF2O/c14-10-7-12(16)11(15)6-9(10)13(17)8-4-2-1-3-5-8/h1-7,13,17H. The fourth-order valence-electron chi connectivity index (χ4n) is 1.56. The molecule has 1 N–H and O–H groups in total. The molecule has 0 aromatic heterocycles. The Morgan fingerprint density at radius 1 is 1.00 bits per heavy atom. The predicted molar refractivity (Wildman–Crippen MR) is 61.9 cm³/mol. The molecule has 17 heavy (non-hydrogen) atoms. The highest BCUT2D eigenvalue weighted by molar-refractivity contribution is 6.31. The van der Waals surface area contributed by atoms with Gasteiger partial charge in [0.2, 0.25) is 0 Å². The fraction of sp³-hybridized carbons (Fsp3) is 0.0769. The maximum absolute atomic E-state index is 13.1. The molecule has 1 nitrogen and oxygen atoms in total. The summed E-state index contributed by atoms with van der Waals surface area (Å²) in [6.07, 6.45) is -1.07. The third kappa shape index (κ3) is 2.46. The maximum atomic E-state index is 13.1. The zero-order valence-corrected chi connectivity index (χ0v) is 9.46. The number of rotatable bonds is 2. The van der Waals surface area contributed by atoms with E-state index in [1.807, 2.05) is 0 Å². The Balaban J connectivity index is 2.44. The third-order valence-electron chi connectivity index (χ3n) is 2.45. The summed E-state index contributed by atoms with van der Waals surface area (Å²) in [4.78, 5) is 0. The lowest BCUT2D eigenvalue weighted by molar-refractivity contribution is 0.219. The van der Waals surface area contributed by atoms with Crippen molar-refractivity contribution in [1.29, 1.82) is 0 Å². The summed E-state index contributed by atoms with van der Waals surface area (Å²) in [5.41, 5.74) is 0.720. The first-order valence-corrected chi connectivity index (χ1v) is 5.35. The van der Waals surface area contributed by atoms with Gasteiger partial charge >= 0.3 is 0 Å². The van der Waals surface area contributed by atoms with Crippen LogP contribution in [-0.2, 0) is 0 Å². The Morgan fingerprint density at radius 2 is 1.59 bits per heavy atom. The third-order valence-corrected chi connectivity index (χ3v) is 2.78. The Kier molecular flexibility index (Phi) is 3.41. The van der Waals surface area contributed by atoms with Gasteiger partial charge in [0.15, 0.2) is 11.6 Å². The minimum absolute atomic E-state index is 0.000234. The molecule has 2 rings (SSSR count). The van der Waals surface area contributed by atoms with E-state index in [4.69, 9.17) is 11.6 Å². The van der Waals surface area contributed by atoms with E-state index in [2.05, 4.69) is 0 Å². The Bertz CT molecular complexity index is 528. The van der Waals surface area contributed by atoms with Crippen LogP contribution in [0.3, 0.4) is 0 Å². The fourth-order valence-corrected chi connectivity index (χ4v) is 1.82. The molecule has 0 aliphatic heterocycles. The molecule has 88 valence electrons. The number of hydrogen-bond donors (Lipinski definition) is 1. The topological polar surface area (TPSA) is 20.2 Å². The van der Waals surface area contributed by atoms with Crippen LogP contribution in [-0.4, -0.2) is 5.11 Å². The smallest absolute Gasteiger partial charge is 0.160 e. The van der Waals surface area contributed by atoms with Crippen LogP contribution in [0, 0.1) is 11.6 Å². The minimum Gasteiger partial charge on any atom is -0.384 e. The number of aliphatic hydroxyl groups excluding tert-OH is 1. The molecule has 0 fully saturated rings. The van der Waals surface area contributed by atoms with Gasteiger partial charge in [-0.2, -0.15) is 0 Å². The van der Waals surface area contributed by atoms with Crippen LogP contribution >= 0.6 is 11.6 Å². The van der Waals surface area contributed by atoms with Crippen LogP contribution in [0.25, 0.3) is 0 Å². The Morgan fingerprint density at radius 3 is 2.24 bits per heavy atom. The van der Waals surface area contributed by atoms with Gasteiger partial charge in [0.1, 0.15) is 6.10 Å². The van der Waals surface area contributed by atoms with Crippen molar-refractivity contribution in [3.8, 4) is 0 Å². The van der Waals surface area contributed by atoms with Crippen molar-refractivity contribution in [1.82, 2.24) is 0 Å². The molecule has 0 radical (unpaired) electrons. The van der Waals surface area contributed by atoms with Gasteiger partial charge < -0.3 is 5.11 Å². The van der Waals surface area contributed by atoms with Gasteiger partial charge in [0, 0.05) is 10.6 Å². The van der Waals surface area contributed by atoms with Gasteiger partial charge in [-0.1, -0.05) is 41.9 Å². The largest absolute Gasteiger partial charge is 0.384 e. The van der Waals surface area contributed by atoms with Gasteiger partial charge in [-0.3, -0.25) is 0 Å². The molecule has 2 aromatic carbocycles. The monoisotopic (exact) mass is 254 g/mol. The van der Waals surface area contributed by atoms with Crippen LogP contribution in [0.1, 0.15) is 17.2 Å². The molecular formula is C13H9ClF2O. The van der Waals surface area contributed by atoms with Crippen molar-refractivity contribution in [2.24, 2.45) is 0 Å². The number of aliphatic hydroxyl groups is 1. The summed E-state index contributed by atoms with van der Waals surface area (Å²) >= 11 is 5.78. The van der Waals surface area contributed by atoms with Crippen molar-refractivity contribution in [2.75, 3.05) is 0 Å². The molecule has 0 spiro atoms. The molecule has 0 aliphatic rings. The number of halogens is 3. The average molecular weight is 255 g/mol. The summed E-state index contributed by atoms with van der Waals surface area (Å²) in [5, 5.41) is 10.0. The van der Waals surface area contributed by atoms with Gasteiger partial charge in [-0.25, -0.2) is 8.78 Å². The summed E-state index contributed by atoms with van der Waals surface area (Å²) in [5.74, 6) is -2.06.